The predicted octanol–water partition coefficient (Wildman–Crippen LogP) is 4.97. The summed E-state index contributed by atoms with van der Waals surface area (Å²) in [5.74, 6) is 0.538. The molecule has 2 nitrogen and oxygen atoms in total. The fourth-order valence-electron chi connectivity index (χ4n) is 2.83. The Labute approximate surface area is 146 Å². The molecule has 0 fully saturated rings. The summed E-state index contributed by atoms with van der Waals surface area (Å²) in [7, 11) is 0. The lowest BCUT2D eigenvalue weighted by atomic mass is 9.82. The summed E-state index contributed by atoms with van der Waals surface area (Å²) >= 11 is 0. The van der Waals surface area contributed by atoms with Crippen LogP contribution in [0.25, 0.3) is 11.1 Å². The zero-order valence-corrected chi connectivity index (χ0v) is 15.5. The molecule has 1 N–H and O–H groups in total. The lowest BCUT2D eigenvalue weighted by molar-refractivity contribution is -0.125. The van der Waals surface area contributed by atoms with E-state index in [4.69, 9.17) is 0 Å². The molecule has 0 aliphatic rings. The zero-order chi connectivity index (χ0) is 17.7. The van der Waals surface area contributed by atoms with Crippen molar-refractivity contribution in [3.63, 3.8) is 0 Å². The topological polar surface area (TPSA) is 29.1 Å². The average molecular weight is 323 g/mol. The molecule has 2 heteroatoms. The van der Waals surface area contributed by atoms with E-state index < -0.39 is 5.41 Å². The van der Waals surface area contributed by atoms with Gasteiger partial charge in [0, 0.05) is 6.54 Å². The monoisotopic (exact) mass is 323 g/mol. The highest BCUT2D eigenvalue weighted by molar-refractivity contribution is 5.87. The Morgan fingerprint density at radius 2 is 1.67 bits per heavy atom. The Hall–Kier alpha value is -2.09. The van der Waals surface area contributed by atoms with Crippen LogP contribution < -0.4 is 5.32 Å². The van der Waals surface area contributed by atoms with Crippen molar-refractivity contribution in [3.05, 3.63) is 59.7 Å². The van der Waals surface area contributed by atoms with Gasteiger partial charge in [0.15, 0.2) is 0 Å². The molecule has 0 aromatic heterocycles. The normalized spacial score (nSPS) is 11.6. The molecule has 0 heterocycles. The molecule has 0 saturated heterocycles. The first-order valence-corrected chi connectivity index (χ1v) is 8.83. The first-order valence-electron chi connectivity index (χ1n) is 8.83. The van der Waals surface area contributed by atoms with Crippen molar-refractivity contribution >= 4 is 5.91 Å². The summed E-state index contributed by atoms with van der Waals surface area (Å²) in [4.78, 5) is 12.5. The number of aryl methyl sites for hydroxylation is 1. The predicted molar refractivity (Wildman–Crippen MR) is 102 cm³/mol. The highest BCUT2D eigenvalue weighted by Gasteiger charge is 2.29. The van der Waals surface area contributed by atoms with Crippen molar-refractivity contribution in [1.29, 1.82) is 0 Å². The van der Waals surface area contributed by atoms with Gasteiger partial charge in [-0.25, -0.2) is 0 Å². The third-order valence-corrected chi connectivity index (χ3v) is 4.55. The first-order chi connectivity index (χ1) is 11.4. The SMILES string of the molecule is CCc1ccccc1-c1ccc(C(C)(C)C(=O)NCC(C)C)cc1. The Morgan fingerprint density at radius 3 is 2.25 bits per heavy atom. The van der Waals surface area contributed by atoms with E-state index in [0.29, 0.717) is 12.5 Å². The third-order valence-electron chi connectivity index (χ3n) is 4.55. The molecule has 0 spiro atoms. The number of carbonyl (C=O) groups is 1. The maximum absolute atomic E-state index is 12.5. The molecular weight excluding hydrogens is 294 g/mol. The van der Waals surface area contributed by atoms with E-state index in [-0.39, 0.29) is 5.91 Å². The van der Waals surface area contributed by atoms with Gasteiger partial charge in [-0.05, 0) is 48.4 Å². The van der Waals surface area contributed by atoms with Crippen LogP contribution in [0.1, 0.15) is 45.7 Å². The lowest BCUT2D eigenvalue weighted by Crippen LogP contribution is -2.41. The van der Waals surface area contributed by atoms with E-state index in [1.165, 1.54) is 16.7 Å². The Morgan fingerprint density at radius 1 is 1.04 bits per heavy atom. The standard InChI is InChI=1S/C22H29NO/c1-6-17-9-7-8-10-20(17)18-11-13-19(14-12-18)22(4,5)21(24)23-15-16(2)3/h7-14,16H,6,15H2,1-5H3,(H,23,24). The van der Waals surface area contributed by atoms with Crippen LogP contribution in [-0.2, 0) is 16.6 Å². The Kier molecular flexibility index (Phi) is 5.82. The Bertz CT molecular complexity index is 683. The average Bonchev–Trinajstić information content (AvgIpc) is 2.59. The van der Waals surface area contributed by atoms with Crippen LogP contribution >= 0.6 is 0 Å². The molecule has 128 valence electrons. The molecule has 0 atom stereocenters. The third kappa shape index (κ3) is 4.05. The van der Waals surface area contributed by atoms with Gasteiger partial charge >= 0.3 is 0 Å². The highest BCUT2D eigenvalue weighted by Crippen LogP contribution is 2.29. The number of hydrogen-bond donors (Lipinski definition) is 1. The number of nitrogens with one attached hydrogen (secondary N) is 1. The second-order valence-electron chi connectivity index (χ2n) is 7.32. The number of carbonyl (C=O) groups excluding carboxylic acids is 1. The van der Waals surface area contributed by atoms with Gasteiger partial charge in [0.05, 0.1) is 5.41 Å². The van der Waals surface area contributed by atoms with Crippen LogP contribution in [0.3, 0.4) is 0 Å². The van der Waals surface area contributed by atoms with Gasteiger partial charge in [-0.2, -0.15) is 0 Å². The van der Waals surface area contributed by atoms with Crippen LogP contribution in [0.2, 0.25) is 0 Å². The number of rotatable bonds is 6. The maximum Gasteiger partial charge on any atom is 0.230 e. The van der Waals surface area contributed by atoms with Crippen LogP contribution in [0, 0.1) is 5.92 Å². The minimum Gasteiger partial charge on any atom is -0.355 e. The molecule has 0 unspecified atom stereocenters. The van der Waals surface area contributed by atoms with Gasteiger partial charge in [0.25, 0.3) is 0 Å². The van der Waals surface area contributed by atoms with E-state index in [0.717, 1.165) is 12.0 Å². The minimum atomic E-state index is -0.530. The molecule has 0 aliphatic carbocycles. The number of amides is 1. The quantitative estimate of drug-likeness (QED) is 0.799. The molecule has 0 bridgehead atoms. The molecular formula is C22H29NO. The van der Waals surface area contributed by atoms with Gasteiger partial charge in [-0.1, -0.05) is 69.3 Å². The fraction of sp³-hybridized carbons (Fsp3) is 0.409. The summed E-state index contributed by atoms with van der Waals surface area (Å²) in [5, 5.41) is 3.05. The molecule has 2 aromatic carbocycles. The second-order valence-corrected chi connectivity index (χ2v) is 7.32. The van der Waals surface area contributed by atoms with Crippen molar-refractivity contribution in [1.82, 2.24) is 5.32 Å². The number of benzene rings is 2. The summed E-state index contributed by atoms with van der Waals surface area (Å²) in [5.41, 5.74) is 4.33. The van der Waals surface area contributed by atoms with Gasteiger partial charge < -0.3 is 5.32 Å². The molecule has 2 aromatic rings. The van der Waals surface area contributed by atoms with E-state index in [1.807, 2.05) is 13.8 Å². The van der Waals surface area contributed by atoms with Gasteiger partial charge in [-0.3, -0.25) is 4.79 Å². The van der Waals surface area contributed by atoms with E-state index in [1.54, 1.807) is 0 Å². The van der Waals surface area contributed by atoms with Crippen LogP contribution in [-0.4, -0.2) is 12.5 Å². The maximum atomic E-state index is 12.5. The lowest BCUT2D eigenvalue weighted by Gasteiger charge is -2.25. The highest BCUT2D eigenvalue weighted by atomic mass is 16.2. The minimum absolute atomic E-state index is 0.0814. The Balaban J connectivity index is 2.23. The smallest absolute Gasteiger partial charge is 0.230 e. The van der Waals surface area contributed by atoms with E-state index in [9.17, 15) is 4.79 Å². The van der Waals surface area contributed by atoms with Crippen LogP contribution in [0.5, 0.6) is 0 Å². The summed E-state index contributed by atoms with van der Waals surface area (Å²) in [6.07, 6.45) is 1.01. The summed E-state index contributed by atoms with van der Waals surface area (Å²) in [6, 6.07) is 16.9. The fourth-order valence-corrected chi connectivity index (χ4v) is 2.83. The first kappa shape index (κ1) is 18.3. The van der Waals surface area contributed by atoms with Gasteiger partial charge in [-0.15, -0.1) is 0 Å². The molecule has 0 radical (unpaired) electrons. The van der Waals surface area contributed by atoms with Crippen molar-refractivity contribution in [2.75, 3.05) is 6.54 Å². The van der Waals surface area contributed by atoms with Gasteiger partial charge in [0.1, 0.15) is 0 Å². The van der Waals surface area contributed by atoms with Crippen molar-refractivity contribution < 1.29 is 4.79 Å². The largest absolute Gasteiger partial charge is 0.355 e. The molecule has 1 amide bonds. The van der Waals surface area contributed by atoms with E-state index >= 15 is 0 Å². The second kappa shape index (κ2) is 7.65. The molecule has 0 aliphatic heterocycles. The van der Waals surface area contributed by atoms with E-state index in [2.05, 4.69) is 74.6 Å². The van der Waals surface area contributed by atoms with Crippen molar-refractivity contribution in [2.45, 2.75) is 46.5 Å². The van der Waals surface area contributed by atoms with Crippen LogP contribution in [0.4, 0.5) is 0 Å². The van der Waals surface area contributed by atoms with Crippen LogP contribution in [0.15, 0.2) is 48.5 Å². The van der Waals surface area contributed by atoms with Crippen molar-refractivity contribution in [3.8, 4) is 11.1 Å². The molecule has 24 heavy (non-hydrogen) atoms. The molecule has 0 saturated carbocycles. The summed E-state index contributed by atoms with van der Waals surface area (Å²) < 4.78 is 0. The van der Waals surface area contributed by atoms with Crippen molar-refractivity contribution in [2.24, 2.45) is 5.92 Å². The zero-order valence-electron chi connectivity index (χ0n) is 15.5. The van der Waals surface area contributed by atoms with Gasteiger partial charge in [0.2, 0.25) is 5.91 Å². The summed E-state index contributed by atoms with van der Waals surface area (Å²) in [6.45, 7) is 11.1. The molecule has 2 rings (SSSR count). The number of hydrogen-bond acceptors (Lipinski definition) is 1.